The lowest BCUT2D eigenvalue weighted by Gasteiger charge is -2.07. The van der Waals surface area contributed by atoms with Crippen LogP contribution in [0.4, 0.5) is 0 Å². The van der Waals surface area contributed by atoms with Crippen LogP contribution in [-0.2, 0) is 0 Å². The van der Waals surface area contributed by atoms with Crippen LogP contribution in [-0.4, -0.2) is 9.78 Å². The van der Waals surface area contributed by atoms with Gasteiger partial charge in [0, 0.05) is 0 Å². The molecule has 5 heteroatoms. The van der Waals surface area contributed by atoms with E-state index in [2.05, 4.69) is 43.0 Å². The van der Waals surface area contributed by atoms with Crippen LogP contribution < -0.4 is 5.56 Å². The first-order valence-corrected chi connectivity index (χ1v) is 6.59. The van der Waals surface area contributed by atoms with Gasteiger partial charge in [-0.05, 0) is 69.0 Å². The van der Waals surface area contributed by atoms with E-state index >= 15 is 0 Å². The van der Waals surface area contributed by atoms with Crippen molar-refractivity contribution >= 4 is 31.9 Å². The monoisotopic (exact) mass is 356 g/mol. The minimum Gasteiger partial charge on any atom is -0.266 e. The molecule has 0 bridgehead atoms. The molecule has 1 aromatic carbocycles. The lowest BCUT2D eigenvalue weighted by Crippen LogP contribution is -2.21. The third-order valence-electron chi connectivity index (χ3n) is 2.33. The van der Waals surface area contributed by atoms with Gasteiger partial charge < -0.3 is 0 Å². The van der Waals surface area contributed by atoms with Gasteiger partial charge in [-0.15, -0.1) is 0 Å². The van der Waals surface area contributed by atoms with Gasteiger partial charge in [0.05, 0.1) is 16.4 Å². The highest BCUT2D eigenvalue weighted by Gasteiger charge is 2.08. The van der Waals surface area contributed by atoms with Crippen molar-refractivity contribution in [3.63, 3.8) is 0 Å². The molecule has 0 spiro atoms. The lowest BCUT2D eigenvalue weighted by molar-refractivity contribution is 0.794. The maximum Gasteiger partial charge on any atom is 0.286 e. The summed E-state index contributed by atoms with van der Waals surface area (Å²) in [5, 5.41) is 4.12. The number of aromatic nitrogens is 2. The highest BCUT2D eigenvalue weighted by molar-refractivity contribution is 9.13. The van der Waals surface area contributed by atoms with Crippen molar-refractivity contribution in [2.24, 2.45) is 0 Å². The summed E-state index contributed by atoms with van der Waals surface area (Å²) in [6.45, 7) is 3.99. The van der Waals surface area contributed by atoms with Gasteiger partial charge in [0.2, 0.25) is 0 Å². The summed E-state index contributed by atoms with van der Waals surface area (Å²) in [5.41, 5.74) is 2.81. The number of nitrogens with zero attached hydrogens (tertiary/aromatic N) is 2. The number of benzene rings is 1. The zero-order chi connectivity index (χ0) is 12.6. The van der Waals surface area contributed by atoms with Crippen molar-refractivity contribution < 1.29 is 0 Å². The summed E-state index contributed by atoms with van der Waals surface area (Å²) in [6.07, 6.45) is 1.60. The van der Waals surface area contributed by atoms with Gasteiger partial charge >= 0.3 is 0 Å². The fourth-order valence-corrected chi connectivity index (χ4v) is 2.20. The van der Waals surface area contributed by atoms with E-state index in [4.69, 9.17) is 0 Å². The first-order chi connectivity index (χ1) is 7.99. The molecule has 0 unspecified atom stereocenters. The number of hydrogen-bond donors (Lipinski definition) is 0. The van der Waals surface area contributed by atoms with Gasteiger partial charge in [-0.3, -0.25) is 4.79 Å². The van der Waals surface area contributed by atoms with Crippen LogP contribution in [0.25, 0.3) is 5.69 Å². The Morgan fingerprint density at radius 3 is 2.29 bits per heavy atom. The number of aryl methyl sites for hydroxylation is 2. The Morgan fingerprint density at radius 2 is 1.71 bits per heavy atom. The first kappa shape index (κ1) is 12.5. The average Bonchev–Trinajstić information content (AvgIpc) is 2.24. The molecule has 2 aromatic rings. The van der Waals surface area contributed by atoms with Crippen LogP contribution in [0.1, 0.15) is 11.1 Å². The van der Waals surface area contributed by atoms with Crippen LogP contribution in [0.5, 0.6) is 0 Å². The van der Waals surface area contributed by atoms with Crippen molar-refractivity contribution in [2.45, 2.75) is 13.8 Å². The van der Waals surface area contributed by atoms with E-state index in [1.165, 1.54) is 4.68 Å². The van der Waals surface area contributed by atoms with E-state index < -0.39 is 0 Å². The van der Waals surface area contributed by atoms with Crippen molar-refractivity contribution in [3.8, 4) is 5.69 Å². The third kappa shape index (κ3) is 2.50. The Balaban J connectivity index is 2.69. The Labute approximate surface area is 116 Å². The second-order valence-electron chi connectivity index (χ2n) is 3.87. The van der Waals surface area contributed by atoms with Gasteiger partial charge in [0.1, 0.15) is 4.47 Å². The topological polar surface area (TPSA) is 34.9 Å². The highest BCUT2D eigenvalue weighted by atomic mass is 79.9. The zero-order valence-corrected chi connectivity index (χ0v) is 12.5. The molecule has 0 fully saturated rings. The second kappa shape index (κ2) is 4.74. The maximum absolute atomic E-state index is 12.0. The number of rotatable bonds is 1. The van der Waals surface area contributed by atoms with Crippen molar-refractivity contribution in [1.29, 1.82) is 0 Å². The smallest absolute Gasteiger partial charge is 0.266 e. The summed E-state index contributed by atoms with van der Waals surface area (Å²) >= 11 is 6.50. The molecule has 0 atom stereocenters. The molecule has 0 aliphatic carbocycles. The van der Waals surface area contributed by atoms with Crippen molar-refractivity contribution in [2.75, 3.05) is 0 Å². The standard InChI is InChI=1S/C12H10Br2N2O/c1-7-3-8(2)5-9(4-7)16-12(17)11(14)10(13)6-15-16/h3-6H,1-2H3. The van der Waals surface area contributed by atoms with E-state index in [-0.39, 0.29) is 5.56 Å². The van der Waals surface area contributed by atoms with Crippen LogP contribution in [0, 0.1) is 13.8 Å². The fourth-order valence-electron chi connectivity index (χ4n) is 1.67. The van der Waals surface area contributed by atoms with E-state index in [9.17, 15) is 4.79 Å². The van der Waals surface area contributed by atoms with E-state index in [1.54, 1.807) is 6.20 Å². The zero-order valence-electron chi connectivity index (χ0n) is 9.37. The minimum absolute atomic E-state index is 0.177. The normalized spacial score (nSPS) is 10.6. The molecule has 17 heavy (non-hydrogen) atoms. The minimum atomic E-state index is -0.177. The SMILES string of the molecule is Cc1cc(C)cc(-n2ncc(Br)c(Br)c2=O)c1. The first-order valence-electron chi connectivity index (χ1n) is 5.01. The molecule has 0 saturated carbocycles. The molecule has 88 valence electrons. The van der Waals surface area contributed by atoms with Crippen LogP contribution in [0.15, 0.2) is 38.1 Å². The molecule has 0 amide bonds. The third-order valence-corrected chi connectivity index (χ3v) is 4.23. The molecule has 2 rings (SSSR count). The van der Waals surface area contributed by atoms with Crippen LogP contribution >= 0.6 is 31.9 Å². The molecule has 0 N–H and O–H groups in total. The summed E-state index contributed by atoms with van der Waals surface area (Å²) < 4.78 is 2.52. The van der Waals surface area contributed by atoms with Crippen LogP contribution in [0.3, 0.4) is 0 Å². The second-order valence-corrected chi connectivity index (χ2v) is 5.52. The lowest BCUT2D eigenvalue weighted by atomic mass is 10.1. The summed E-state index contributed by atoms with van der Waals surface area (Å²) in [6, 6.07) is 5.92. The molecule has 3 nitrogen and oxygen atoms in total. The quantitative estimate of drug-likeness (QED) is 0.784. The molecular formula is C12H10Br2N2O. The molecule has 0 saturated heterocycles. The predicted molar refractivity (Wildman–Crippen MR) is 74.7 cm³/mol. The van der Waals surface area contributed by atoms with Gasteiger partial charge in [-0.1, -0.05) is 6.07 Å². The summed E-state index contributed by atoms with van der Waals surface area (Å²) in [7, 11) is 0. The summed E-state index contributed by atoms with van der Waals surface area (Å²) in [4.78, 5) is 12.0. The molecule has 0 radical (unpaired) electrons. The van der Waals surface area contributed by atoms with E-state index in [0.29, 0.717) is 8.95 Å². The molecule has 1 heterocycles. The Morgan fingerprint density at radius 1 is 1.12 bits per heavy atom. The van der Waals surface area contributed by atoms with Crippen molar-refractivity contribution in [1.82, 2.24) is 9.78 Å². The van der Waals surface area contributed by atoms with E-state index in [0.717, 1.165) is 16.8 Å². The van der Waals surface area contributed by atoms with Crippen LogP contribution in [0.2, 0.25) is 0 Å². The van der Waals surface area contributed by atoms with Gasteiger partial charge in [-0.2, -0.15) is 9.78 Å². The average molecular weight is 358 g/mol. The van der Waals surface area contributed by atoms with Crippen molar-refractivity contribution in [3.05, 3.63) is 54.8 Å². The Bertz CT molecular complexity index is 615. The Kier molecular flexibility index (Phi) is 3.49. The highest BCUT2D eigenvalue weighted by Crippen LogP contribution is 2.18. The number of halogens is 2. The molecule has 0 aliphatic heterocycles. The predicted octanol–water partition coefficient (Wildman–Crippen LogP) is 3.37. The molecule has 1 aromatic heterocycles. The largest absolute Gasteiger partial charge is 0.286 e. The van der Waals surface area contributed by atoms with Gasteiger partial charge in [0.25, 0.3) is 5.56 Å². The van der Waals surface area contributed by atoms with Gasteiger partial charge in [-0.25, -0.2) is 0 Å². The maximum atomic E-state index is 12.0. The van der Waals surface area contributed by atoms with Gasteiger partial charge in [0.15, 0.2) is 0 Å². The molecular weight excluding hydrogens is 348 g/mol. The van der Waals surface area contributed by atoms with E-state index in [1.807, 2.05) is 26.0 Å². The molecule has 0 aliphatic rings. The number of hydrogen-bond acceptors (Lipinski definition) is 2. The summed E-state index contributed by atoms with van der Waals surface area (Å²) in [5.74, 6) is 0. The Hall–Kier alpha value is -0.940. The fraction of sp³-hybridized carbons (Fsp3) is 0.167.